The van der Waals surface area contributed by atoms with Gasteiger partial charge in [-0.1, -0.05) is 78.4 Å². The number of hydrogen-bond acceptors (Lipinski definition) is 2. The maximum atomic E-state index is 10.5. The van der Waals surface area contributed by atoms with E-state index in [0.29, 0.717) is 11.3 Å². The van der Waals surface area contributed by atoms with Gasteiger partial charge in [-0.15, -0.1) is 0 Å². The van der Waals surface area contributed by atoms with E-state index < -0.39 is 6.29 Å². The van der Waals surface area contributed by atoms with Crippen molar-refractivity contribution in [2.45, 2.75) is 110 Å². The average Bonchev–Trinajstić information content (AvgIpc) is 2.62. The number of rotatable bonds is 4. The van der Waals surface area contributed by atoms with Crippen molar-refractivity contribution in [3.05, 3.63) is 29.3 Å². The Bertz CT molecular complexity index is 587. The molecule has 0 amide bonds. The lowest BCUT2D eigenvalue weighted by atomic mass is 9.70. The highest BCUT2D eigenvalue weighted by Gasteiger charge is 2.31. The summed E-state index contributed by atoms with van der Waals surface area (Å²) >= 11 is 0. The average molecular weight is 359 g/mol. The van der Waals surface area contributed by atoms with Crippen LogP contribution in [0.4, 0.5) is 0 Å². The van der Waals surface area contributed by atoms with E-state index in [1.165, 1.54) is 75.3 Å². The fourth-order valence-electron chi connectivity index (χ4n) is 4.68. The minimum Gasteiger partial charge on any atom is -0.464 e. The van der Waals surface area contributed by atoms with Crippen LogP contribution in [0.25, 0.3) is 0 Å². The second kappa shape index (κ2) is 7.92. The molecule has 0 heterocycles. The van der Waals surface area contributed by atoms with Gasteiger partial charge in [0.2, 0.25) is 6.29 Å². The summed E-state index contributed by atoms with van der Waals surface area (Å²) in [4.78, 5) is 0. The molecular formula is C24H38O2. The second-order valence-corrected chi connectivity index (χ2v) is 10.0. The molecule has 1 unspecified atom stereocenters. The van der Waals surface area contributed by atoms with Crippen LogP contribution in [0.5, 0.6) is 5.75 Å². The zero-order valence-electron chi connectivity index (χ0n) is 17.3. The monoisotopic (exact) mass is 358 g/mol. The summed E-state index contributed by atoms with van der Waals surface area (Å²) in [5.74, 6) is 1.49. The Hall–Kier alpha value is -1.02. The van der Waals surface area contributed by atoms with Crippen LogP contribution >= 0.6 is 0 Å². The molecule has 2 heteroatoms. The van der Waals surface area contributed by atoms with Gasteiger partial charge < -0.3 is 9.84 Å². The lowest BCUT2D eigenvalue weighted by Crippen LogP contribution is -2.32. The van der Waals surface area contributed by atoms with Crippen molar-refractivity contribution >= 4 is 0 Å². The molecule has 2 aliphatic rings. The summed E-state index contributed by atoms with van der Waals surface area (Å²) in [7, 11) is 0. The molecule has 1 N–H and O–H groups in total. The molecule has 146 valence electrons. The van der Waals surface area contributed by atoms with E-state index >= 15 is 0 Å². The molecule has 2 saturated carbocycles. The molecule has 0 bridgehead atoms. The molecule has 0 aromatic heterocycles. The molecule has 1 atom stereocenters. The van der Waals surface area contributed by atoms with Crippen molar-refractivity contribution in [3.8, 4) is 5.75 Å². The van der Waals surface area contributed by atoms with Crippen LogP contribution in [0.2, 0.25) is 0 Å². The van der Waals surface area contributed by atoms with Crippen molar-refractivity contribution in [1.82, 2.24) is 0 Å². The standard InChI is InChI=1S/C24H38O2/c1-23(2,3)22(25)26-21-14-13-19(24(4)15-9-6-10-16-24)17-20(21)18-11-7-5-8-12-18/h13-14,17-18,22,25H,5-12,15-16H2,1-4H3. The summed E-state index contributed by atoms with van der Waals surface area (Å²) in [5.41, 5.74) is 2.86. The topological polar surface area (TPSA) is 29.5 Å². The third kappa shape index (κ3) is 4.44. The largest absolute Gasteiger partial charge is 0.464 e. The van der Waals surface area contributed by atoms with E-state index in [0.717, 1.165) is 5.75 Å². The maximum absolute atomic E-state index is 10.5. The van der Waals surface area contributed by atoms with Crippen LogP contribution in [0.15, 0.2) is 18.2 Å². The summed E-state index contributed by atoms with van der Waals surface area (Å²) < 4.78 is 6.09. The minimum absolute atomic E-state index is 0.280. The summed E-state index contributed by atoms with van der Waals surface area (Å²) in [6.07, 6.45) is 12.4. The first-order valence-electron chi connectivity index (χ1n) is 10.8. The minimum atomic E-state index is -0.777. The molecule has 3 rings (SSSR count). The fraction of sp³-hybridized carbons (Fsp3) is 0.750. The van der Waals surface area contributed by atoms with E-state index in [4.69, 9.17) is 4.74 Å². The van der Waals surface area contributed by atoms with Gasteiger partial charge in [0.1, 0.15) is 5.75 Å². The molecule has 26 heavy (non-hydrogen) atoms. The smallest absolute Gasteiger partial charge is 0.202 e. The Kier molecular flexibility index (Phi) is 6.01. The third-order valence-electron chi connectivity index (χ3n) is 6.69. The first-order valence-corrected chi connectivity index (χ1v) is 10.8. The van der Waals surface area contributed by atoms with Crippen molar-refractivity contribution in [2.24, 2.45) is 5.41 Å². The lowest BCUT2D eigenvalue weighted by Gasteiger charge is -2.36. The van der Waals surface area contributed by atoms with Crippen LogP contribution in [-0.4, -0.2) is 11.4 Å². The van der Waals surface area contributed by atoms with E-state index in [1.54, 1.807) is 0 Å². The normalized spacial score (nSPS) is 22.8. The Morgan fingerprint density at radius 3 is 2.23 bits per heavy atom. The number of ether oxygens (including phenoxy) is 1. The van der Waals surface area contributed by atoms with Gasteiger partial charge in [0.25, 0.3) is 0 Å². The highest BCUT2D eigenvalue weighted by atomic mass is 16.6. The quantitative estimate of drug-likeness (QED) is 0.607. The fourth-order valence-corrected chi connectivity index (χ4v) is 4.68. The predicted molar refractivity (Wildman–Crippen MR) is 109 cm³/mol. The first kappa shape index (κ1) is 19.7. The van der Waals surface area contributed by atoms with Gasteiger partial charge in [-0.25, -0.2) is 0 Å². The molecular weight excluding hydrogens is 320 g/mol. The maximum Gasteiger partial charge on any atom is 0.202 e. The van der Waals surface area contributed by atoms with Gasteiger partial charge >= 0.3 is 0 Å². The van der Waals surface area contributed by atoms with E-state index in [2.05, 4.69) is 25.1 Å². The van der Waals surface area contributed by atoms with Gasteiger partial charge in [-0.3, -0.25) is 0 Å². The van der Waals surface area contributed by atoms with Crippen LogP contribution < -0.4 is 4.74 Å². The van der Waals surface area contributed by atoms with Gasteiger partial charge in [0.05, 0.1) is 0 Å². The number of hydrogen-bond donors (Lipinski definition) is 1. The van der Waals surface area contributed by atoms with E-state index in [9.17, 15) is 5.11 Å². The third-order valence-corrected chi connectivity index (χ3v) is 6.69. The van der Waals surface area contributed by atoms with Gasteiger partial charge in [-0.05, 0) is 54.2 Å². The molecule has 2 aliphatic carbocycles. The Balaban J connectivity index is 1.93. The molecule has 0 radical (unpaired) electrons. The number of benzene rings is 1. The SMILES string of the molecule is CC1(c2ccc(OC(O)C(C)(C)C)c(C3CCCCC3)c2)CCCCC1. The summed E-state index contributed by atoms with van der Waals surface area (Å²) in [6, 6.07) is 6.85. The predicted octanol–water partition coefficient (Wildman–Crippen LogP) is 6.70. The number of aliphatic hydroxyl groups is 1. The van der Waals surface area contributed by atoms with E-state index in [-0.39, 0.29) is 5.41 Å². The number of aliphatic hydroxyl groups excluding tert-OH is 1. The van der Waals surface area contributed by atoms with Crippen LogP contribution in [0, 0.1) is 5.41 Å². The Morgan fingerprint density at radius 2 is 1.62 bits per heavy atom. The van der Waals surface area contributed by atoms with Crippen molar-refractivity contribution in [3.63, 3.8) is 0 Å². The molecule has 1 aromatic carbocycles. The van der Waals surface area contributed by atoms with Crippen molar-refractivity contribution in [1.29, 1.82) is 0 Å². The van der Waals surface area contributed by atoms with Crippen LogP contribution in [0.1, 0.15) is 109 Å². The summed E-state index contributed by atoms with van der Waals surface area (Å²) in [5, 5.41) is 10.5. The zero-order chi connectivity index (χ0) is 18.8. The van der Waals surface area contributed by atoms with Crippen LogP contribution in [0.3, 0.4) is 0 Å². The zero-order valence-corrected chi connectivity index (χ0v) is 17.3. The lowest BCUT2D eigenvalue weighted by molar-refractivity contribution is -0.0938. The summed E-state index contributed by atoms with van der Waals surface area (Å²) in [6.45, 7) is 8.51. The molecule has 2 fully saturated rings. The van der Waals surface area contributed by atoms with Gasteiger partial charge in [0.15, 0.2) is 0 Å². The van der Waals surface area contributed by atoms with Gasteiger partial charge in [-0.2, -0.15) is 0 Å². The molecule has 0 saturated heterocycles. The Labute approximate surface area is 160 Å². The highest BCUT2D eigenvalue weighted by Crippen LogP contribution is 2.44. The van der Waals surface area contributed by atoms with Gasteiger partial charge in [0, 0.05) is 5.41 Å². The second-order valence-electron chi connectivity index (χ2n) is 10.0. The molecule has 2 nitrogen and oxygen atoms in total. The van der Waals surface area contributed by atoms with Crippen LogP contribution in [-0.2, 0) is 5.41 Å². The molecule has 0 spiro atoms. The van der Waals surface area contributed by atoms with Crippen molar-refractivity contribution < 1.29 is 9.84 Å². The highest BCUT2D eigenvalue weighted by molar-refractivity contribution is 5.43. The van der Waals surface area contributed by atoms with E-state index in [1.807, 2.05) is 20.8 Å². The first-order chi connectivity index (χ1) is 12.3. The molecule has 0 aliphatic heterocycles. The molecule has 1 aromatic rings. The van der Waals surface area contributed by atoms with Crippen molar-refractivity contribution in [2.75, 3.05) is 0 Å². The Morgan fingerprint density at radius 1 is 1.00 bits per heavy atom.